The van der Waals surface area contributed by atoms with Crippen molar-refractivity contribution < 1.29 is 9.53 Å². The van der Waals surface area contributed by atoms with Crippen molar-refractivity contribution in [1.29, 1.82) is 0 Å². The molecule has 0 saturated heterocycles. The van der Waals surface area contributed by atoms with Crippen LogP contribution in [0.5, 0.6) is 0 Å². The predicted molar refractivity (Wildman–Crippen MR) is 87.4 cm³/mol. The molecule has 1 saturated carbocycles. The Morgan fingerprint density at radius 3 is 2.33 bits per heavy atom. The highest BCUT2D eigenvalue weighted by atomic mass is 16.6. The van der Waals surface area contributed by atoms with Crippen LogP contribution in [0.1, 0.15) is 59.8 Å². The van der Waals surface area contributed by atoms with Crippen LogP contribution in [0.3, 0.4) is 0 Å². The summed E-state index contributed by atoms with van der Waals surface area (Å²) < 4.78 is 5.16. The first kappa shape index (κ1) is 18.0. The zero-order valence-corrected chi connectivity index (χ0v) is 14.1. The van der Waals surface area contributed by atoms with Crippen LogP contribution >= 0.6 is 0 Å². The van der Waals surface area contributed by atoms with Gasteiger partial charge in [-0.25, -0.2) is 4.79 Å². The van der Waals surface area contributed by atoms with E-state index in [0.717, 1.165) is 12.5 Å². The second-order valence-corrected chi connectivity index (χ2v) is 6.89. The lowest BCUT2D eigenvalue weighted by atomic mass is 9.84. The molecular formula is C17H32N2O2. The highest BCUT2D eigenvalue weighted by Crippen LogP contribution is 2.26. The van der Waals surface area contributed by atoms with Crippen LogP contribution in [0.2, 0.25) is 0 Å². The molecule has 122 valence electrons. The summed E-state index contributed by atoms with van der Waals surface area (Å²) in [5.74, 6) is 0.941. The van der Waals surface area contributed by atoms with Crippen molar-refractivity contribution in [2.24, 2.45) is 5.92 Å². The predicted octanol–water partition coefficient (Wildman–Crippen LogP) is 3.63. The zero-order chi connectivity index (χ0) is 15.7. The molecule has 21 heavy (non-hydrogen) atoms. The fourth-order valence-electron chi connectivity index (χ4n) is 2.63. The van der Waals surface area contributed by atoms with Gasteiger partial charge in [-0.05, 0) is 52.4 Å². The van der Waals surface area contributed by atoms with Gasteiger partial charge < -0.3 is 15.4 Å². The molecule has 1 rings (SSSR count). The molecule has 0 atom stereocenters. The van der Waals surface area contributed by atoms with Crippen molar-refractivity contribution >= 4 is 6.09 Å². The lowest BCUT2D eigenvalue weighted by Gasteiger charge is -2.28. The minimum absolute atomic E-state index is 0.363. The van der Waals surface area contributed by atoms with Crippen molar-refractivity contribution in [1.82, 2.24) is 10.6 Å². The number of rotatable bonds is 6. The molecule has 0 heterocycles. The van der Waals surface area contributed by atoms with E-state index in [9.17, 15) is 4.79 Å². The van der Waals surface area contributed by atoms with Crippen LogP contribution in [-0.2, 0) is 4.74 Å². The van der Waals surface area contributed by atoms with Crippen molar-refractivity contribution in [2.75, 3.05) is 13.1 Å². The second-order valence-electron chi connectivity index (χ2n) is 6.89. The highest BCUT2D eigenvalue weighted by molar-refractivity contribution is 5.67. The molecule has 0 aromatic carbocycles. The first-order valence-electron chi connectivity index (χ1n) is 8.26. The summed E-state index contributed by atoms with van der Waals surface area (Å²) in [7, 11) is 0. The van der Waals surface area contributed by atoms with E-state index < -0.39 is 5.60 Å². The topological polar surface area (TPSA) is 50.4 Å². The smallest absolute Gasteiger partial charge is 0.407 e. The molecule has 0 unspecified atom stereocenters. The van der Waals surface area contributed by atoms with Crippen LogP contribution in [0, 0.1) is 5.92 Å². The number of alkyl carbamates (subject to hydrolysis) is 1. The molecule has 1 amide bonds. The van der Waals surface area contributed by atoms with Gasteiger partial charge in [0.15, 0.2) is 0 Å². The van der Waals surface area contributed by atoms with Crippen molar-refractivity contribution in [3.8, 4) is 0 Å². The zero-order valence-electron chi connectivity index (χ0n) is 14.1. The van der Waals surface area contributed by atoms with Crippen LogP contribution < -0.4 is 10.6 Å². The van der Waals surface area contributed by atoms with E-state index in [4.69, 9.17) is 4.74 Å². The molecule has 1 aliphatic rings. The Morgan fingerprint density at radius 1 is 1.14 bits per heavy atom. The number of hydrogen-bond donors (Lipinski definition) is 2. The molecule has 2 N–H and O–H groups in total. The maximum Gasteiger partial charge on any atom is 0.407 e. The lowest BCUT2D eigenvalue weighted by molar-refractivity contribution is 0.0534. The number of carbonyl (C=O) groups excluding carboxylic acids is 1. The molecule has 0 spiro atoms. The standard InChI is InChI=1S/C17H32N2O2/c1-5-14-8-10-15(11-9-14)18-12-6-7-13-19-16(20)21-17(2,3)4/h6-7,14-15,18H,5,8-13H2,1-4H3,(H,19,20)/b7-6+. The molecule has 0 aliphatic heterocycles. The van der Waals surface area contributed by atoms with Gasteiger partial charge in [0.1, 0.15) is 5.60 Å². The Morgan fingerprint density at radius 2 is 1.76 bits per heavy atom. The minimum atomic E-state index is -0.438. The first-order valence-corrected chi connectivity index (χ1v) is 8.26. The van der Waals surface area contributed by atoms with E-state index in [1.54, 1.807) is 0 Å². The fraction of sp³-hybridized carbons (Fsp3) is 0.824. The minimum Gasteiger partial charge on any atom is -0.444 e. The first-order chi connectivity index (χ1) is 9.90. The van der Waals surface area contributed by atoms with Crippen molar-refractivity contribution in [2.45, 2.75) is 71.4 Å². The summed E-state index contributed by atoms with van der Waals surface area (Å²) >= 11 is 0. The molecule has 0 radical (unpaired) electrons. The van der Waals surface area contributed by atoms with E-state index in [1.165, 1.54) is 32.1 Å². The molecular weight excluding hydrogens is 264 g/mol. The van der Waals surface area contributed by atoms with Gasteiger partial charge in [-0.2, -0.15) is 0 Å². The van der Waals surface area contributed by atoms with E-state index in [-0.39, 0.29) is 6.09 Å². The number of carbonyl (C=O) groups is 1. The molecule has 1 fully saturated rings. The third-order valence-corrected chi connectivity index (χ3v) is 3.88. The molecule has 1 aliphatic carbocycles. The summed E-state index contributed by atoms with van der Waals surface area (Å²) in [5.41, 5.74) is -0.438. The number of amides is 1. The maximum atomic E-state index is 11.4. The normalized spacial score (nSPS) is 23.2. The molecule has 0 aromatic rings. The van der Waals surface area contributed by atoms with E-state index in [1.807, 2.05) is 26.8 Å². The van der Waals surface area contributed by atoms with Crippen LogP contribution in [-0.4, -0.2) is 30.8 Å². The molecule has 0 bridgehead atoms. The average molecular weight is 296 g/mol. The monoisotopic (exact) mass is 296 g/mol. The Labute approximate surface area is 129 Å². The summed E-state index contributed by atoms with van der Waals surface area (Å²) in [6.45, 7) is 9.26. The maximum absolute atomic E-state index is 11.4. The Balaban J connectivity index is 2.04. The van der Waals surface area contributed by atoms with Gasteiger partial charge in [-0.1, -0.05) is 25.5 Å². The van der Waals surface area contributed by atoms with Gasteiger partial charge in [0.2, 0.25) is 0 Å². The molecule has 0 aromatic heterocycles. The van der Waals surface area contributed by atoms with E-state index in [2.05, 4.69) is 23.6 Å². The molecule has 4 nitrogen and oxygen atoms in total. The summed E-state index contributed by atoms with van der Waals surface area (Å²) in [5, 5.41) is 6.28. The van der Waals surface area contributed by atoms with Crippen LogP contribution in [0.4, 0.5) is 4.79 Å². The number of ether oxygens (including phenoxy) is 1. The van der Waals surface area contributed by atoms with Gasteiger partial charge in [-0.3, -0.25) is 0 Å². The van der Waals surface area contributed by atoms with Crippen molar-refractivity contribution in [3.63, 3.8) is 0 Å². The largest absolute Gasteiger partial charge is 0.444 e. The quantitative estimate of drug-likeness (QED) is 0.736. The SMILES string of the molecule is CCC1CCC(NC/C=C/CNC(=O)OC(C)(C)C)CC1. The summed E-state index contributed by atoms with van der Waals surface area (Å²) in [6.07, 6.45) is 10.3. The fourth-order valence-corrected chi connectivity index (χ4v) is 2.63. The Hall–Kier alpha value is -1.03. The lowest BCUT2D eigenvalue weighted by Crippen LogP contribution is -2.33. The third-order valence-electron chi connectivity index (χ3n) is 3.88. The van der Waals surface area contributed by atoms with Gasteiger partial charge in [0.05, 0.1) is 0 Å². The highest BCUT2D eigenvalue weighted by Gasteiger charge is 2.18. The van der Waals surface area contributed by atoms with Gasteiger partial charge in [0.25, 0.3) is 0 Å². The van der Waals surface area contributed by atoms with Crippen LogP contribution in [0.25, 0.3) is 0 Å². The van der Waals surface area contributed by atoms with Gasteiger partial charge >= 0.3 is 6.09 Å². The number of nitrogens with one attached hydrogen (secondary N) is 2. The third kappa shape index (κ3) is 8.76. The van der Waals surface area contributed by atoms with Crippen molar-refractivity contribution in [3.05, 3.63) is 12.2 Å². The summed E-state index contributed by atoms with van der Waals surface area (Å²) in [4.78, 5) is 11.4. The van der Waals surface area contributed by atoms with Crippen LogP contribution in [0.15, 0.2) is 12.2 Å². The van der Waals surface area contributed by atoms with Gasteiger partial charge in [-0.15, -0.1) is 0 Å². The molecule has 4 heteroatoms. The average Bonchev–Trinajstić information content (AvgIpc) is 2.41. The van der Waals surface area contributed by atoms with E-state index >= 15 is 0 Å². The Bertz CT molecular complexity index is 326. The van der Waals surface area contributed by atoms with E-state index in [0.29, 0.717) is 12.6 Å². The Kier molecular flexibility index (Phi) is 7.79. The van der Waals surface area contributed by atoms with Gasteiger partial charge in [0, 0.05) is 19.1 Å². The number of hydrogen-bond acceptors (Lipinski definition) is 3. The second kappa shape index (κ2) is 9.08. The summed E-state index contributed by atoms with van der Waals surface area (Å²) in [6, 6.07) is 0.663.